The van der Waals surface area contributed by atoms with Gasteiger partial charge < -0.3 is 29.1 Å². The number of fused-ring (bicyclic) bond motifs is 1. The summed E-state index contributed by atoms with van der Waals surface area (Å²) in [7, 11) is 8.25. The minimum atomic E-state index is 0.0628. The van der Waals surface area contributed by atoms with Crippen molar-refractivity contribution in [2.24, 2.45) is 0 Å². The molecule has 0 atom stereocenters. The molecule has 0 saturated heterocycles. The molecule has 0 unspecified atom stereocenters. The van der Waals surface area contributed by atoms with Crippen molar-refractivity contribution in [1.29, 1.82) is 0 Å². The van der Waals surface area contributed by atoms with Crippen LogP contribution >= 0.6 is 0 Å². The third-order valence-electron chi connectivity index (χ3n) is 6.12. The first kappa shape index (κ1) is 25.6. The van der Waals surface area contributed by atoms with Crippen LogP contribution in [-0.4, -0.2) is 69.1 Å². The highest BCUT2D eigenvalue weighted by Gasteiger charge is 2.19. The van der Waals surface area contributed by atoms with Crippen LogP contribution in [0.4, 0.5) is 0 Å². The molecule has 0 bridgehead atoms. The van der Waals surface area contributed by atoms with Crippen molar-refractivity contribution in [2.75, 3.05) is 48.1 Å². The fourth-order valence-corrected chi connectivity index (χ4v) is 4.59. The number of benzene rings is 3. The second-order valence-electron chi connectivity index (χ2n) is 9.61. The van der Waals surface area contributed by atoms with E-state index in [0.29, 0.717) is 0 Å². The first-order valence-corrected chi connectivity index (χ1v) is 12.3. The normalized spacial score (nSPS) is 13.4. The Bertz CT molecular complexity index is 1170. The monoisotopic (exact) mass is 488 g/mol. The first-order chi connectivity index (χ1) is 17.3. The van der Waals surface area contributed by atoms with E-state index < -0.39 is 0 Å². The van der Waals surface area contributed by atoms with Gasteiger partial charge in [0.2, 0.25) is 6.79 Å². The Hall–Kier alpha value is -3.48. The van der Waals surface area contributed by atoms with E-state index in [2.05, 4.69) is 63.1 Å². The number of hydrogen-bond donors (Lipinski definition) is 1. The van der Waals surface area contributed by atoms with Gasteiger partial charge in [-0.15, -0.1) is 0 Å². The lowest BCUT2D eigenvalue weighted by atomic mass is 9.88. The van der Waals surface area contributed by atoms with E-state index >= 15 is 0 Å². The van der Waals surface area contributed by atoms with E-state index in [1.165, 1.54) is 5.57 Å². The minimum absolute atomic E-state index is 0.0628. The van der Waals surface area contributed by atoms with Gasteiger partial charge in [-0.1, -0.05) is 37.3 Å². The van der Waals surface area contributed by atoms with Gasteiger partial charge in [0, 0.05) is 13.1 Å². The van der Waals surface area contributed by atoms with Crippen LogP contribution < -0.4 is 14.2 Å². The average Bonchev–Trinajstić information content (AvgIpc) is 3.31. The Morgan fingerprint density at radius 2 is 1.36 bits per heavy atom. The Balaban J connectivity index is 1.73. The van der Waals surface area contributed by atoms with Gasteiger partial charge in [-0.2, -0.15) is 0 Å². The van der Waals surface area contributed by atoms with Crippen molar-refractivity contribution in [3.8, 4) is 23.0 Å². The van der Waals surface area contributed by atoms with E-state index in [1.54, 1.807) is 12.1 Å². The molecule has 0 radical (unpaired) electrons. The third-order valence-corrected chi connectivity index (χ3v) is 6.12. The van der Waals surface area contributed by atoms with Crippen molar-refractivity contribution in [2.45, 2.75) is 19.4 Å². The predicted octanol–water partition coefficient (Wildman–Crippen LogP) is 5.36. The number of nitrogens with zero attached hydrogens (tertiary/aromatic N) is 2. The quantitative estimate of drug-likeness (QED) is 0.388. The summed E-state index contributed by atoms with van der Waals surface area (Å²) in [6.45, 7) is 4.08. The molecule has 36 heavy (non-hydrogen) atoms. The van der Waals surface area contributed by atoms with E-state index in [4.69, 9.17) is 14.2 Å². The summed E-state index contributed by atoms with van der Waals surface area (Å²) >= 11 is 0. The lowest BCUT2D eigenvalue weighted by molar-refractivity contribution is 0.128. The maximum atomic E-state index is 9.90. The molecule has 1 heterocycles. The van der Waals surface area contributed by atoms with Crippen molar-refractivity contribution >= 4 is 11.1 Å². The van der Waals surface area contributed by atoms with Gasteiger partial charge in [0.15, 0.2) is 11.5 Å². The molecule has 4 rings (SSSR count). The third kappa shape index (κ3) is 6.20. The minimum Gasteiger partial charge on any atom is -0.508 e. The van der Waals surface area contributed by atoms with Gasteiger partial charge in [-0.05, 0) is 98.8 Å². The molecule has 0 fully saturated rings. The summed E-state index contributed by atoms with van der Waals surface area (Å²) in [6.07, 6.45) is 0.884. The molecule has 0 amide bonds. The molecule has 1 aliphatic rings. The summed E-state index contributed by atoms with van der Waals surface area (Å²) in [5.74, 6) is 2.63. The lowest BCUT2D eigenvalue weighted by Crippen LogP contribution is -2.38. The number of rotatable bonds is 10. The van der Waals surface area contributed by atoms with E-state index in [-0.39, 0.29) is 18.6 Å². The van der Waals surface area contributed by atoms with Gasteiger partial charge >= 0.3 is 0 Å². The fourth-order valence-electron chi connectivity index (χ4n) is 4.59. The number of hydrogen-bond acceptors (Lipinski definition) is 6. The number of aromatic hydroxyl groups is 1. The average molecular weight is 489 g/mol. The van der Waals surface area contributed by atoms with Crippen LogP contribution in [0.1, 0.15) is 30.0 Å². The second-order valence-corrected chi connectivity index (χ2v) is 9.61. The Morgan fingerprint density at radius 3 is 1.94 bits per heavy atom. The Labute approximate surface area is 214 Å². The fraction of sp³-hybridized carbons (Fsp3) is 0.333. The van der Waals surface area contributed by atoms with E-state index in [1.807, 2.05) is 36.4 Å². The highest BCUT2D eigenvalue weighted by molar-refractivity contribution is 5.99. The summed E-state index contributed by atoms with van der Waals surface area (Å²) < 4.78 is 17.5. The highest BCUT2D eigenvalue weighted by atomic mass is 16.7. The second kappa shape index (κ2) is 11.5. The predicted molar refractivity (Wildman–Crippen MR) is 145 cm³/mol. The summed E-state index contributed by atoms with van der Waals surface area (Å²) in [5, 5.41) is 9.90. The van der Waals surface area contributed by atoms with Crippen molar-refractivity contribution in [3.63, 3.8) is 0 Å². The molecule has 190 valence electrons. The van der Waals surface area contributed by atoms with Crippen molar-refractivity contribution in [1.82, 2.24) is 9.80 Å². The lowest BCUT2D eigenvalue weighted by Gasteiger charge is -2.25. The number of phenols is 1. The van der Waals surface area contributed by atoms with Crippen LogP contribution in [0.2, 0.25) is 0 Å². The molecule has 0 aromatic heterocycles. The summed E-state index contributed by atoms with van der Waals surface area (Å²) in [5.41, 5.74) is 5.50. The highest BCUT2D eigenvalue weighted by Crippen LogP contribution is 2.40. The standard InChI is InChI=1S/C30H36N2O4/c1-6-27(23-11-16-28-29(17-23)35-20-34-28)30(21-7-12-24(33)13-8-21)22-9-14-25(15-10-22)36-26(18-31(2)3)19-32(4)5/h7-17,26,33H,6,18-20H2,1-5H3/b30-27+. The smallest absolute Gasteiger partial charge is 0.231 e. The van der Waals surface area contributed by atoms with Crippen LogP contribution in [0.25, 0.3) is 11.1 Å². The summed E-state index contributed by atoms with van der Waals surface area (Å²) in [4.78, 5) is 4.29. The zero-order valence-corrected chi connectivity index (χ0v) is 21.8. The van der Waals surface area contributed by atoms with Gasteiger partial charge in [-0.3, -0.25) is 0 Å². The maximum absolute atomic E-state index is 9.90. The van der Waals surface area contributed by atoms with Gasteiger partial charge in [-0.25, -0.2) is 0 Å². The molecule has 3 aromatic rings. The van der Waals surface area contributed by atoms with Crippen LogP contribution in [0, 0.1) is 0 Å². The van der Waals surface area contributed by atoms with Gasteiger partial charge in [0.05, 0.1) is 0 Å². The SMILES string of the molecule is CC/C(=C(/c1ccc(O)cc1)c1ccc(OC(CN(C)C)CN(C)C)cc1)c1ccc2c(c1)OCO2. The van der Waals surface area contributed by atoms with Gasteiger partial charge in [0.1, 0.15) is 17.6 Å². The number of likely N-dealkylation sites (N-methyl/N-ethyl adjacent to an activating group) is 2. The number of allylic oxidation sites excluding steroid dienone is 1. The first-order valence-electron chi connectivity index (χ1n) is 12.3. The zero-order chi connectivity index (χ0) is 25.7. The van der Waals surface area contributed by atoms with Crippen molar-refractivity contribution in [3.05, 3.63) is 83.4 Å². The van der Waals surface area contributed by atoms with E-state index in [9.17, 15) is 5.11 Å². The van der Waals surface area contributed by atoms with Gasteiger partial charge in [0.25, 0.3) is 0 Å². The zero-order valence-electron chi connectivity index (χ0n) is 21.8. The Kier molecular flexibility index (Phi) is 8.18. The molecular formula is C30H36N2O4. The molecule has 1 aliphatic heterocycles. The van der Waals surface area contributed by atoms with Crippen LogP contribution in [-0.2, 0) is 0 Å². The molecule has 6 heteroatoms. The maximum Gasteiger partial charge on any atom is 0.231 e. The van der Waals surface area contributed by atoms with Crippen LogP contribution in [0.5, 0.6) is 23.0 Å². The Morgan fingerprint density at radius 1 is 0.806 bits per heavy atom. The number of phenolic OH excluding ortho intramolecular Hbond substituents is 1. The molecule has 6 nitrogen and oxygen atoms in total. The summed E-state index contributed by atoms with van der Waals surface area (Å²) in [6, 6.07) is 21.8. The van der Waals surface area contributed by atoms with Crippen LogP contribution in [0.3, 0.4) is 0 Å². The molecule has 0 saturated carbocycles. The number of ether oxygens (including phenoxy) is 3. The van der Waals surface area contributed by atoms with Crippen LogP contribution in [0.15, 0.2) is 66.7 Å². The molecule has 0 aliphatic carbocycles. The largest absolute Gasteiger partial charge is 0.508 e. The molecule has 3 aromatic carbocycles. The van der Waals surface area contributed by atoms with Crippen molar-refractivity contribution < 1.29 is 19.3 Å². The molecular weight excluding hydrogens is 452 g/mol. The van der Waals surface area contributed by atoms with E-state index in [0.717, 1.165) is 59.0 Å². The molecule has 1 N–H and O–H groups in total. The topological polar surface area (TPSA) is 54.4 Å². The molecule has 0 spiro atoms.